The summed E-state index contributed by atoms with van der Waals surface area (Å²) in [6, 6.07) is 5.81. The zero-order valence-corrected chi connectivity index (χ0v) is 11.7. The molecular formula is C12H11Br2NO. The molecule has 0 aromatic heterocycles. The first kappa shape index (κ1) is 11.9. The van der Waals surface area contributed by atoms with Crippen molar-refractivity contribution in [2.75, 3.05) is 0 Å². The van der Waals surface area contributed by atoms with Gasteiger partial charge in [0.2, 0.25) is 0 Å². The molecule has 1 aromatic rings. The highest BCUT2D eigenvalue weighted by Crippen LogP contribution is 2.20. The molecule has 0 aliphatic heterocycles. The summed E-state index contributed by atoms with van der Waals surface area (Å²) in [6.07, 6.45) is 6.06. The largest absolute Gasteiger partial charge is 0.349 e. The summed E-state index contributed by atoms with van der Waals surface area (Å²) in [5, 5.41) is 3.01. The molecule has 0 atom stereocenters. The van der Waals surface area contributed by atoms with E-state index >= 15 is 0 Å². The molecule has 4 heteroatoms. The van der Waals surface area contributed by atoms with Crippen LogP contribution in [0.3, 0.4) is 0 Å². The van der Waals surface area contributed by atoms with Crippen molar-refractivity contribution in [2.45, 2.75) is 18.9 Å². The van der Waals surface area contributed by atoms with Crippen LogP contribution in [0.5, 0.6) is 0 Å². The Kier molecular flexibility index (Phi) is 3.82. The average Bonchev–Trinajstić information content (AvgIpc) is 2.68. The van der Waals surface area contributed by atoms with E-state index in [1.54, 1.807) is 0 Å². The van der Waals surface area contributed by atoms with Gasteiger partial charge in [0.05, 0.1) is 0 Å². The van der Waals surface area contributed by atoms with E-state index in [9.17, 15) is 4.79 Å². The van der Waals surface area contributed by atoms with Crippen molar-refractivity contribution in [3.05, 3.63) is 44.9 Å². The average molecular weight is 345 g/mol. The van der Waals surface area contributed by atoms with Crippen LogP contribution in [-0.4, -0.2) is 11.9 Å². The van der Waals surface area contributed by atoms with Gasteiger partial charge in [-0.3, -0.25) is 4.79 Å². The van der Waals surface area contributed by atoms with Gasteiger partial charge in [0.15, 0.2) is 0 Å². The predicted octanol–water partition coefficient (Wildman–Crippen LogP) is 3.66. The summed E-state index contributed by atoms with van der Waals surface area (Å²) in [5.74, 6) is -0.0179. The minimum absolute atomic E-state index is 0.0179. The second-order valence-electron chi connectivity index (χ2n) is 3.77. The van der Waals surface area contributed by atoms with Crippen LogP contribution in [0.25, 0.3) is 0 Å². The van der Waals surface area contributed by atoms with E-state index in [-0.39, 0.29) is 11.9 Å². The molecule has 0 spiro atoms. The van der Waals surface area contributed by atoms with Gasteiger partial charge in [-0.1, -0.05) is 44.0 Å². The van der Waals surface area contributed by atoms with Crippen LogP contribution in [0.1, 0.15) is 23.2 Å². The maximum Gasteiger partial charge on any atom is 0.251 e. The Morgan fingerprint density at radius 1 is 1.12 bits per heavy atom. The quantitative estimate of drug-likeness (QED) is 0.815. The number of rotatable bonds is 2. The van der Waals surface area contributed by atoms with Crippen LogP contribution in [0, 0.1) is 0 Å². The first-order chi connectivity index (χ1) is 7.65. The lowest BCUT2D eigenvalue weighted by molar-refractivity contribution is 0.0939. The van der Waals surface area contributed by atoms with Crippen LogP contribution in [0.2, 0.25) is 0 Å². The Labute approximate surface area is 111 Å². The van der Waals surface area contributed by atoms with E-state index in [2.05, 4.69) is 49.3 Å². The van der Waals surface area contributed by atoms with Gasteiger partial charge in [-0.25, -0.2) is 0 Å². The van der Waals surface area contributed by atoms with Crippen molar-refractivity contribution in [3.63, 3.8) is 0 Å². The lowest BCUT2D eigenvalue weighted by Gasteiger charge is -2.12. The minimum atomic E-state index is -0.0179. The highest BCUT2D eigenvalue weighted by molar-refractivity contribution is 9.11. The van der Waals surface area contributed by atoms with Crippen molar-refractivity contribution in [3.8, 4) is 0 Å². The summed E-state index contributed by atoms with van der Waals surface area (Å²) in [6.45, 7) is 0. The van der Waals surface area contributed by atoms with E-state index in [4.69, 9.17) is 0 Å². The first-order valence-corrected chi connectivity index (χ1v) is 6.66. The molecule has 2 nitrogen and oxygen atoms in total. The standard InChI is InChI=1S/C12H11Br2NO/c13-9-5-8(6-10(14)7-9)12(16)15-11-3-1-2-4-11/h1-2,5-7,11H,3-4H2,(H,15,16). The highest BCUT2D eigenvalue weighted by atomic mass is 79.9. The summed E-state index contributed by atoms with van der Waals surface area (Å²) >= 11 is 6.74. The number of halogens is 2. The Hall–Kier alpha value is -0.610. The van der Waals surface area contributed by atoms with E-state index in [1.165, 1.54) is 0 Å². The van der Waals surface area contributed by atoms with Crippen molar-refractivity contribution >= 4 is 37.8 Å². The summed E-state index contributed by atoms with van der Waals surface area (Å²) < 4.78 is 1.80. The summed E-state index contributed by atoms with van der Waals surface area (Å²) in [4.78, 5) is 11.9. The molecule has 0 heterocycles. The van der Waals surface area contributed by atoms with E-state index in [0.717, 1.165) is 21.8 Å². The molecule has 1 amide bonds. The van der Waals surface area contributed by atoms with Gasteiger partial charge in [-0.15, -0.1) is 0 Å². The smallest absolute Gasteiger partial charge is 0.251 e. The van der Waals surface area contributed by atoms with E-state index in [1.807, 2.05) is 18.2 Å². The molecule has 84 valence electrons. The van der Waals surface area contributed by atoms with Crippen molar-refractivity contribution < 1.29 is 4.79 Å². The molecule has 0 saturated heterocycles. The van der Waals surface area contributed by atoms with Gasteiger partial charge in [-0.2, -0.15) is 0 Å². The van der Waals surface area contributed by atoms with Crippen molar-refractivity contribution in [2.24, 2.45) is 0 Å². The lowest BCUT2D eigenvalue weighted by atomic mass is 10.2. The predicted molar refractivity (Wildman–Crippen MR) is 71.5 cm³/mol. The molecule has 0 unspecified atom stereocenters. The number of hydrogen-bond acceptors (Lipinski definition) is 1. The topological polar surface area (TPSA) is 29.1 Å². The highest BCUT2D eigenvalue weighted by Gasteiger charge is 2.14. The minimum Gasteiger partial charge on any atom is -0.349 e. The fraction of sp³-hybridized carbons (Fsp3) is 0.250. The third kappa shape index (κ3) is 2.95. The van der Waals surface area contributed by atoms with Crippen LogP contribution in [-0.2, 0) is 0 Å². The second-order valence-corrected chi connectivity index (χ2v) is 5.60. The molecule has 16 heavy (non-hydrogen) atoms. The molecule has 1 aromatic carbocycles. The Bertz CT molecular complexity index is 414. The third-order valence-corrected chi connectivity index (χ3v) is 3.38. The molecule has 0 fully saturated rings. The number of amides is 1. The van der Waals surface area contributed by atoms with Gasteiger partial charge >= 0.3 is 0 Å². The van der Waals surface area contributed by atoms with Crippen LogP contribution in [0.4, 0.5) is 0 Å². The van der Waals surface area contributed by atoms with Crippen molar-refractivity contribution in [1.82, 2.24) is 5.32 Å². The zero-order chi connectivity index (χ0) is 11.5. The van der Waals surface area contributed by atoms with Gasteiger partial charge in [-0.05, 0) is 31.0 Å². The number of nitrogens with one attached hydrogen (secondary N) is 1. The fourth-order valence-electron chi connectivity index (χ4n) is 1.69. The van der Waals surface area contributed by atoms with Crippen LogP contribution in [0.15, 0.2) is 39.3 Å². The van der Waals surface area contributed by atoms with Gasteiger partial charge in [0, 0.05) is 20.6 Å². The SMILES string of the molecule is O=C(NC1CC=CC1)c1cc(Br)cc(Br)c1. The number of benzene rings is 1. The molecule has 0 saturated carbocycles. The van der Waals surface area contributed by atoms with Crippen LogP contribution >= 0.6 is 31.9 Å². The zero-order valence-electron chi connectivity index (χ0n) is 8.54. The lowest BCUT2D eigenvalue weighted by Crippen LogP contribution is -2.32. The van der Waals surface area contributed by atoms with E-state index < -0.39 is 0 Å². The summed E-state index contributed by atoms with van der Waals surface area (Å²) in [7, 11) is 0. The third-order valence-electron chi connectivity index (χ3n) is 2.47. The van der Waals surface area contributed by atoms with Gasteiger partial charge < -0.3 is 5.32 Å². The molecule has 1 aliphatic rings. The molecule has 2 rings (SSSR count). The molecule has 0 bridgehead atoms. The normalized spacial score (nSPS) is 15.4. The maximum absolute atomic E-state index is 11.9. The van der Waals surface area contributed by atoms with E-state index in [0.29, 0.717) is 5.56 Å². The molecule has 1 aliphatic carbocycles. The van der Waals surface area contributed by atoms with Crippen LogP contribution < -0.4 is 5.32 Å². The Balaban J connectivity index is 2.08. The van der Waals surface area contributed by atoms with Crippen molar-refractivity contribution in [1.29, 1.82) is 0 Å². The Morgan fingerprint density at radius 2 is 1.69 bits per heavy atom. The second kappa shape index (κ2) is 5.15. The number of carbonyl (C=O) groups is 1. The Morgan fingerprint density at radius 3 is 2.25 bits per heavy atom. The fourth-order valence-corrected chi connectivity index (χ4v) is 2.98. The number of hydrogen-bond donors (Lipinski definition) is 1. The molecular weight excluding hydrogens is 334 g/mol. The summed E-state index contributed by atoms with van der Waals surface area (Å²) in [5.41, 5.74) is 0.674. The number of carbonyl (C=O) groups excluding carboxylic acids is 1. The first-order valence-electron chi connectivity index (χ1n) is 5.07. The molecule has 0 radical (unpaired) electrons. The molecule has 1 N–H and O–H groups in total. The monoisotopic (exact) mass is 343 g/mol. The maximum atomic E-state index is 11.9. The van der Waals surface area contributed by atoms with Gasteiger partial charge in [0.25, 0.3) is 5.91 Å². The van der Waals surface area contributed by atoms with Gasteiger partial charge in [0.1, 0.15) is 0 Å².